The highest BCUT2D eigenvalue weighted by atomic mass is 32.2. The number of sulfonamides is 1. The molecule has 2 aliphatic heterocycles. The number of aromatic hydroxyl groups is 1. The van der Waals surface area contributed by atoms with Crippen molar-refractivity contribution >= 4 is 16.0 Å². The summed E-state index contributed by atoms with van der Waals surface area (Å²) in [5.41, 5.74) is 0.983. The second-order valence-electron chi connectivity index (χ2n) is 12.5. The highest BCUT2D eigenvalue weighted by Crippen LogP contribution is 2.67. The van der Waals surface area contributed by atoms with Crippen molar-refractivity contribution in [3.05, 3.63) is 71.8 Å². The highest BCUT2D eigenvalue weighted by molar-refractivity contribution is 7.88. The fourth-order valence-electron chi connectivity index (χ4n) is 8.40. The third-order valence-electron chi connectivity index (χ3n) is 9.66. The summed E-state index contributed by atoms with van der Waals surface area (Å²) < 4.78 is 43.3. The molecule has 2 aromatic carbocycles. The summed E-state index contributed by atoms with van der Waals surface area (Å²) in [4.78, 5) is 15.2. The van der Waals surface area contributed by atoms with Crippen LogP contribution in [0.15, 0.2) is 55.1 Å². The van der Waals surface area contributed by atoms with Gasteiger partial charge in [-0.15, -0.1) is 6.58 Å². The number of hydrogen-bond donors (Lipinski definition) is 1. The van der Waals surface area contributed by atoms with Gasteiger partial charge in [-0.1, -0.05) is 56.3 Å². The molecule has 2 bridgehead atoms. The van der Waals surface area contributed by atoms with Gasteiger partial charge in [-0.05, 0) is 48.8 Å². The number of ether oxygens (including phenoxy) is 2. The van der Waals surface area contributed by atoms with Gasteiger partial charge in [0.15, 0.2) is 11.5 Å². The van der Waals surface area contributed by atoms with E-state index in [1.807, 2.05) is 56.3 Å². The van der Waals surface area contributed by atoms with E-state index in [2.05, 4.69) is 11.5 Å². The molecule has 0 unspecified atom stereocenters. The maximum atomic E-state index is 14.2. The number of esters is 1. The second-order valence-corrected chi connectivity index (χ2v) is 14.4. The largest absolute Gasteiger partial charge is 0.504 e. The van der Waals surface area contributed by atoms with Crippen LogP contribution in [0.3, 0.4) is 0 Å². The minimum Gasteiger partial charge on any atom is -0.504 e. The minimum atomic E-state index is -3.75. The quantitative estimate of drug-likeness (QED) is 0.352. The van der Waals surface area contributed by atoms with E-state index in [1.54, 1.807) is 10.4 Å². The van der Waals surface area contributed by atoms with Gasteiger partial charge in [0.25, 0.3) is 0 Å². The van der Waals surface area contributed by atoms with E-state index in [0.29, 0.717) is 44.5 Å². The van der Waals surface area contributed by atoms with Crippen LogP contribution in [0.4, 0.5) is 0 Å². The standard InChI is InChI=1S/C32H40N2O6S/c1-5-16-33-17-15-31-28-24-11-12-26(36)29(28)39-30(31)25(13-14-32(31,27(33)18-24)40-22(4)35)34(19-21(2)3)41(37,38)20-23-9-7-6-8-10-23/h5-12,21,25,27,30,36H,1,13-20H2,2-4H3/t25-,27-,30+,31+,32-/m1/s1. The first-order chi connectivity index (χ1) is 19.5. The van der Waals surface area contributed by atoms with Gasteiger partial charge < -0.3 is 14.6 Å². The van der Waals surface area contributed by atoms with Crippen LogP contribution in [0.2, 0.25) is 0 Å². The smallest absolute Gasteiger partial charge is 0.303 e. The van der Waals surface area contributed by atoms with Gasteiger partial charge >= 0.3 is 5.97 Å². The molecule has 5 atom stereocenters. The lowest BCUT2D eigenvalue weighted by molar-refractivity contribution is -0.220. The molecule has 4 aliphatic rings. The lowest BCUT2D eigenvalue weighted by Crippen LogP contribution is -2.79. The molecule has 0 aromatic heterocycles. The molecule has 1 saturated heterocycles. The number of hydrogen-bond acceptors (Lipinski definition) is 7. The molecule has 1 spiro atoms. The van der Waals surface area contributed by atoms with Crippen molar-refractivity contribution in [2.24, 2.45) is 5.92 Å². The van der Waals surface area contributed by atoms with Gasteiger partial charge in [-0.2, -0.15) is 4.31 Å². The Bertz CT molecular complexity index is 1460. The first-order valence-corrected chi connectivity index (χ1v) is 16.2. The topological polar surface area (TPSA) is 96.4 Å². The lowest BCUT2D eigenvalue weighted by atomic mass is 9.48. The van der Waals surface area contributed by atoms with Crippen LogP contribution in [-0.2, 0) is 37.1 Å². The summed E-state index contributed by atoms with van der Waals surface area (Å²) in [7, 11) is -3.75. The Hall–Kier alpha value is -2.88. The first kappa shape index (κ1) is 28.2. The van der Waals surface area contributed by atoms with Crippen LogP contribution in [-0.4, -0.2) is 72.1 Å². The summed E-state index contributed by atoms with van der Waals surface area (Å²) >= 11 is 0. The van der Waals surface area contributed by atoms with Crippen molar-refractivity contribution < 1.29 is 27.8 Å². The molecule has 0 radical (unpaired) electrons. The van der Waals surface area contributed by atoms with Crippen molar-refractivity contribution in [2.45, 2.75) is 81.4 Å². The molecule has 6 rings (SSSR count). The number of carbonyl (C=O) groups is 1. The Morgan fingerprint density at radius 3 is 2.68 bits per heavy atom. The number of piperidine rings is 1. The SMILES string of the molecule is C=CCN1CC[C@]23c4c5ccc(O)c4O[C@H]2[C@H](N(CC(C)C)S(=O)(=O)Cc2ccccc2)CC[C@@]3(OC(C)=O)[C@H]1C5. The normalized spacial score (nSPS) is 30.1. The summed E-state index contributed by atoms with van der Waals surface area (Å²) in [5.74, 6) is 0.0683. The van der Waals surface area contributed by atoms with Gasteiger partial charge in [0, 0.05) is 32.1 Å². The Kier molecular flexibility index (Phi) is 6.98. The van der Waals surface area contributed by atoms with Crippen molar-refractivity contribution in [1.29, 1.82) is 0 Å². The Morgan fingerprint density at radius 2 is 2.00 bits per heavy atom. The van der Waals surface area contributed by atoms with Gasteiger partial charge in [0.05, 0.1) is 23.3 Å². The van der Waals surface area contributed by atoms with E-state index in [1.165, 1.54) is 6.92 Å². The molecule has 8 nitrogen and oxygen atoms in total. The Balaban J connectivity index is 1.52. The van der Waals surface area contributed by atoms with Gasteiger partial charge in [0.2, 0.25) is 10.0 Å². The van der Waals surface area contributed by atoms with Crippen LogP contribution in [0, 0.1) is 5.92 Å². The van der Waals surface area contributed by atoms with Gasteiger partial charge in [-0.25, -0.2) is 8.42 Å². The summed E-state index contributed by atoms with van der Waals surface area (Å²) in [6.07, 6.45) is 3.50. The fourth-order valence-corrected chi connectivity index (χ4v) is 10.3. The van der Waals surface area contributed by atoms with Gasteiger partial charge in [0.1, 0.15) is 11.7 Å². The summed E-state index contributed by atoms with van der Waals surface area (Å²) in [5, 5.41) is 11.0. The summed E-state index contributed by atoms with van der Waals surface area (Å²) in [6.45, 7) is 11.2. The maximum absolute atomic E-state index is 14.2. The highest BCUT2D eigenvalue weighted by Gasteiger charge is 2.75. The summed E-state index contributed by atoms with van der Waals surface area (Å²) in [6, 6.07) is 12.3. The van der Waals surface area contributed by atoms with Crippen LogP contribution in [0.5, 0.6) is 11.5 Å². The molecule has 0 amide bonds. The Morgan fingerprint density at radius 1 is 1.24 bits per heavy atom. The number of carbonyl (C=O) groups excluding carboxylic acids is 1. The van der Waals surface area contributed by atoms with Gasteiger partial charge in [-0.3, -0.25) is 9.69 Å². The molecule has 220 valence electrons. The lowest BCUT2D eigenvalue weighted by Gasteiger charge is -2.65. The van der Waals surface area contributed by atoms with Crippen molar-refractivity contribution in [3.63, 3.8) is 0 Å². The number of nitrogens with zero attached hydrogens (tertiary/aromatic N) is 2. The molecule has 2 aromatic rings. The van der Waals surface area contributed by atoms with E-state index in [-0.39, 0.29) is 29.4 Å². The van der Waals surface area contributed by atoms with E-state index in [9.17, 15) is 18.3 Å². The van der Waals surface area contributed by atoms with Crippen LogP contribution < -0.4 is 4.74 Å². The minimum absolute atomic E-state index is 0.0394. The zero-order chi connectivity index (χ0) is 29.2. The molecule has 2 heterocycles. The number of rotatable bonds is 9. The molecule has 1 N–H and O–H groups in total. The van der Waals surface area contributed by atoms with E-state index in [0.717, 1.165) is 23.2 Å². The average molecular weight is 581 g/mol. The van der Waals surface area contributed by atoms with Crippen LogP contribution in [0.25, 0.3) is 0 Å². The average Bonchev–Trinajstić information content (AvgIpc) is 3.26. The van der Waals surface area contributed by atoms with Crippen molar-refractivity contribution in [1.82, 2.24) is 9.21 Å². The van der Waals surface area contributed by atoms with E-state index in [4.69, 9.17) is 9.47 Å². The third-order valence-corrected chi connectivity index (χ3v) is 11.5. The van der Waals surface area contributed by atoms with Crippen molar-refractivity contribution in [2.75, 3.05) is 19.6 Å². The zero-order valence-corrected chi connectivity index (χ0v) is 24.9. The first-order valence-electron chi connectivity index (χ1n) is 14.6. The van der Waals surface area contributed by atoms with Crippen molar-refractivity contribution in [3.8, 4) is 11.5 Å². The molecule has 9 heteroatoms. The fraction of sp³-hybridized carbons (Fsp3) is 0.531. The molecular formula is C32H40N2O6S. The number of likely N-dealkylation sites (tertiary alicyclic amines) is 1. The number of benzene rings is 2. The van der Waals surface area contributed by atoms with E-state index < -0.39 is 33.2 Å². The third kappa shape index (κ3) is 4.22. The van der Waals surface area contributed by atoms with E-state index >= 15 is 0 Å². The monoisotopic (exact) mass is 580 g/mol. The maximum Gasteiger partial charge on any atom is 0.303 e. The molecular weight excluding hydrogens is 540 g/mol. The van der Waals surface area contributed by atoms with Crippen LogP contribution in [0.1, 0.15) is 56.7 Å². The number of phenolic OH excluding ortho intramolecular Hbond substituents is 1. The second kappa shape index (κ2) is 10.1. The number of phenols is 1. The predicted molar refractivity (Wildman–Crippen MR) is 156 cm³/mol. The van der Waals surface area contributed by atoms with Crippen LogP contribution >= 0.6 is 0 Å². The zero-order valence-electron chi connectivity index (χ0n) is 24.1. The molecule has 1 saturated carbocycles. The molecule has 2 aliphatic carbocycles. The Labute approximate surface area is 243 Å². The predicted octanol–water partition coefficient (Wildman–Crippen LogP) is 4.16. The molecule has 41 heavy (non-hydrogen) atoms. The molecule has 2 fully saturated rings.